The van der Waals surface area contributed by atoms with E-state index in [4.69, 9.17) is 0 Å². The van der Waals surface area contributed by atoms with Gasteiger partial charge in [-0.25, -0.2) is 0 Å². The molecule has 6 atom stereocenters. The summed E-state index contributed by atoms with van der Waals surface area (Å²) in [5.74, 6) is 8.56. The summed E-state index contributed by atoms with van der Waals surface area (Å²) in [6, 6.07) is 0. The normalized spacial score (nSPS) is 80.5. The minimum absolute atomic E-state index is 0.876. The fraction of sp³-hybridized carbons (Fsp3) is 1.00. The van der Waals surface area contributed by atoms with Crippen LogP contribution in [0, 0.1) is 46.8 Å². The maximum atomic E-state index is 2.68. The molecule has 0 amide bonds. The first-order valence-electron chi connectivity index (χ1n) is 6.33. The Morgan fingerprint density at radius 2 is 1.38 bits per heavy atom. The fourth-order valence-electron chi connectivity index (χ4n) is 7.52. The van der Waals surface area contributed by atoms with Crippen molar-refractivity contribution in [2.75, 3.05) is 0 Å². The van der Waals surface area contributed by atoms with Gasteiger partial charge in [0.1, 0.15) is 0 Å². The van der Waals surface area contributed by atoms with Crippen molar-refractivity contribution in [3.8, 4) is 0 Å². The molecule has 70 valence electrons. The van der Waals surface area contributed by atoms with Gasteiger partial charge in [-0.3, -0.25) is 0 Å². The maximum absolute atomic E-state index is 2.68. The predicted molar refractivity (Wildman–Crippen MR) is 51.0 cm³/mol. The van der Waals surface area contributed by atoms with Gasteiger partial charge in [0.25, 0.3) is 0 Å². The molecule has 13 heavy (non-hydrogen) atoms. The van der Waals surface area contributed by atoms with Gasteiger partial charge in [0.05, 0.1) is 0 Å². The Labute approximate surface area is 80.1 Å². The zero-order chi connectivity index (χ0) is 8.37. The van der Waals surface area contributed by atoms with Gasteiger partial charge in [-0.1, -0.05) is 6.92 Å². The Morgan fingerprint density at radius 3 is 1.92 bits per heavy atom. The molecule has 0 aliphatic heterocycles. The van der Waals surface area contributed by atoms with E-state index in [1.807, 2.05) is 0 Å². The molecule has 0 radical (unpaired) electrons. The van der Waals surface area contributed by atoms with Crippen LogP contribution in [0.1, 0.15) is 32.6 Å². The topological polar surface area (TPSA) is 0 Å². The predicted octanol–water partition coefficient (Wildman–Crippen LogP) is 2.93. The average Bonchev–Trinajstić information content (AvgIpc) is 2.83. The Bertz CT molecular complexity index is 279. The molecular weight excluding hydrogens is 156 g/mol. The zero-order valence-electron chi connectivity index (χ0n) is 8.37. The summed E-state index contributed by atoms with van der Waals surface area (Å²) < 4.78 is 0. The number of hydrogen-bond acceptors (Lipinski definition) is 0. The standard InChI is InChI=1S/C13H18/c1-13-8-4-5-9(13)11-7-3-2-6(10(8)11)12(7)13/h6-12H,2-5H2,1H3. The van der Waals surface area contributed by atoms with E-state index in [0.29, 0.717) is 0 Å². The van der Waals surface area contributed by atoms with Crippen LogP contribution in [0.25, 0.3) is 0 Å². The van der Waals surface area contributed by atoms with Crippen LogP contribution in [0.15, 0.2) is 0 Å². The van der Waals surface area contributed by atoms with Crippen molar-refractivity contribution in [3.63, 3.8) is 0 Å². The Kier molecular flexibility index (Phi) is 0.753. The Morgan fingerprint density at radius 1 is 0.846 bits per heavy atom. The van der Waals surface area contributed by atoms with Crippen LogP contribution in [0.4, 0.5) is 0 Å². The average molecular weight is 174 g/mol. The molecule has 6 saturated carbocycles. The summed E-state index contributed by atoms with van der Waals surface area (Å²) in [6.07, 6.45) is 6.47. The minimum Gasteiger partial charge on any atom is -0.0588 e. The highest BCUT2D eigenvalue weighted by molar-refractivity contribution is 5.29. The fourth-order valence-corrected chi connectivity index (χ4v) is 7.52. The lowest BCUT2D eigenvalue weighted by atomic mass is 9.71. The molecule has 6 rings (SSSR count). The molecule has 6 aliphatic carbocycles. The van der Waals surface area contributed by atoms with Crippen LogP contribution < -0.4 is 0 Å². The van der Waals surface area contributed by atoms with Crippen LogP contribution in [0.3, 0.4) is 0 Å². The first kappa shape index (κ1) is 6.48. The molecule has 0 spiro atoms. The summed E-state index contributed by atoms with van der Waals surface area (Å²) in [5.41, 5.74) is 0.876. The molecular formula is C13H18. The van der Waals surface area contributed by atoms with Gasteiger partial charge in [-0.15, -0.1) is 0 Å². The highest BCUT2D eigenvalue weighted by atomic mass is 14.9. The van der Waals surface area contributed by atoms with E-state index in [2.05, 4.69) is 6.92 Å². The largest absolute Gasteiger partial charge is 0.0588 e. The lowest BCUT2D eigenvalue weighted by Gasteiger charge is -2.34. The lowest BCUT2D eigenvalue weighted by Crippen LogP contribution is -2.27. The van der Waals surface area contributed by atoms with Gasteiger partial charge in [-0.05, 0) is 72.5 Å². The van der Waals surface area contributed by atoms with Crippen molar-refractivity contribution >= 4 is 0 Å². The molecule has 6 aliphatic rings. The van der Waals surface area contributed by atoms with E-state index in [0.717, 1.165) is 5.41 Å². The third-order valence-electron chi connectivity index (χ3n) is 7.22. The quantitative estimate of drug-likeness (QED) is 0.529. The molecule has 6 unspecified atom stereocenters. The van der Waals surface area contributed by atoms with Gasteiger partial charge >= 0.3 is 0 Å². The van der Waals surface area contributed by atoms with Crippen LogP contribution in [-0.2, 0) is 0 Å². The van der Waals surface area contributed by atoms with Crippen molar-refractivity contribution < 1.29 is 0 Å². The van der Waals surface area contributed by atoms with E-state index >= 15 is 0 Å². The van der Waals surface area contributed by atoms with E-state index < -0.39 is 0 Å². The first-order chi connectivity index (χ1) is 6.33. The van der Waals surface area contributed by atoms with Crippen LogP contribution in [-0.4, -0.2) is 0 Å². The molecule has 0 aromatic rings. The highest BCUT2D eigenvalue weighted by Gasteiger charge is 2.82. The van der Waals surface area contributed by atoms with E-state index in [9.17, 15) is 0 Å². The van der Waals surface area contributed by atoms with Gasteiger partial charge in [0, 0.05) is 0 Å². The second kappa shape index (κ2) is 1.51. The molecule has 0 nitrogen and oxygen atoms in total. The second-order valence-electron chi connectivity index (χ2n) is 6.74. The SMILES string of the molecule is CC12C3CCC1C1C4CCC(C13)C42. The molecule has 0 N–H and O–H groups in total. The number of hydrogen-bond donors (Lipinski definition) is 0. The molecule has 6 fully saturated rings. The molecule has 8 bridgehead atoms. The van der Waals surface area contributed by atoms with Crippen molar-refractivity contribution in [3.05, 3.63) is 0 Å². The second-order valence-corrected chi connectivity index (χ2v) is 6.74. The molecule has 0 heterocycles. The molecule has 0 heteroatoms. The van der Waals surface area contributed by atoms with Crippen molar-refractivity contribution in [2.24, 2.45) is 46.8 Å². The highest BCUT2D eigenvalue weighted by Crippen LogP contribution is 2.87. The third kappa shape index (κ3) is 0.383. The van der Waals surface area contributed by atoms with Gasteiger partial charge in [-0.2, -0.15) is 0 Å². The monoisotopic (exact) mass is 174 g/mol. The summed E-state index contributed by atoms with van der Waals surface area (Å²) in [6.45, 7) is 2.68. The summed E-state index contributed by atoms with van der Waals surface area (Å²) in [7, 11) is 0. The first-order valence-corrected chi connectivity index (χ1v) is 6.33. The van der Waals surface area contributed by atoms with Gasteiger partial charge < -0.3 is 0 Å². The van der Waals surface area contributed by atoms with E-state index in [1.165, 1.54) is 41.4 Å². The summed E-state index contributed by atoms with van der Waals surface area (Å²) >= 11 is 0. The van der Waals surface area contributed by atoms with Gasteiger partial charge in [0.15, 0.2) is 0 Å². The van der Waals surface area contributed by atoms with Crippen LogP contribution >= 0.6 is 0 Å². The zero-order valence-corrected chi connectivity index (χ0v) is 8.37. The summed E-state index contributed by atoms with van der Waals surface area (Å²) in [5, 5.41) is 0. The number of rotatable bonds is 0. The lowest BCUT2D eigenvalue weighted by molar-refractivity contribution is 0.146. The Hall–Kier alpha value is 0. The minimum atomic E-state index is 0.876. The third-order valence-corrected chi connectivity index (χ3v) is 7.22. The van der Waals surface area contributed by atoms with E-state index in [1.54, 1.807) is 25.7 Å². The van der Waals surface area contributed by atoms with Gasteiger partial charge in [0.2, 0.25) is 0 Å². The molecule has 0 saturated heterocycles. The maximum Gasteiger partial charge on any atom is -0.0230 e. The summed E-state index contributed by atoms with van der Waals surface area (Å²) in [4.78, 5) is 0. The smallest absolute Gasteiger partial charge is 0.0230 e. The van der Waals surface area contributed by atoms with Crippen molar-refractivity contribution in [1.82, 2.24) is 0 Å². The van der Waals surface area contributed by atoms with Crippen molar-refractivity contribution in [1.29, 1.82) is 0 Å². The van der Waals surface area contributed by atoms with E-state index in [-0.39, 0.29) is 0 Å². The molecule has 0 aromatic carbocycles. The van der Waals surface area contributed by atoms with Crippen molar-refractivity contribution in [2.45, 2.75) is 32.6 Å². The van der Waals surface area contributed by atoms with Crippen LogP contribution in [0.5, 0.6) is 0 Å². The Balaban J connectivity index is 1.84. The molecule has 0 aromatic heterocycles. The van der Waals surface area contributed by atoms with Crippen LogP contribution in [0.2, 0.25) is 0 Å².